The van der Waals surface area contributed by atoms with E-state index >= 15 is 0 Å². The van der Waals surface area contributed by atoms with Crippen LogP contribution in [0.5, 0.6) is 11.5 Å². The van der Waals surface area contributed by atoms with Gasteiger partial charge in [0.1, 0.15) is 17.3 Å². The highest BCUT2D eigenvalue weighted by molar-refractivity contribution is 5.89. The fraction of sp³-hybridized carbons (Fsp3) is 0.0526. The van der Waals surface area contributed by atoms with Crippen molar-refractivity contribution in [3.63, 3.8) is 0 Å². The SMILES string of the molecule is O=C(NCc1cccnc1)Nc1ccc(Oc2cccc(F)c2)cc1. The van der Waals surface area contributed by atoms with Gasteiger partial charge in [-0.15, -0.1) is 0 Å². The summed E-state index contributed by atoms with van der Waals surface area (Å²) in [4.78, 5) is 15.9. The summed E-state index contributed by atoms with van der Waals surface area (Å²) in [5, 5.41) is 5.47. The van der Waals surface area contributed by atoms with Gasteiger partial charge in [-0.3, -0.25) is 4.98 Å². The van der Waals surface area contributed by atoms with E-state index in [9.17, 15) is 9.18 Å². The normalized spacial score (nSPS) is 10.1. The third-order valence-corrected chi connectivity index (χ3v) is 3.32. The zero-order valence-electron chi connectivity index (χ0n) is 13.3. The van der Waals surface area contributed by atoms with E-state index in [4.69, 9.17) is 4.74 Å². The van der Waals surface area contributed by atoms with Crippen molar-refractivity contribution in [1.82, 2.24) is 10.3 Å². The van der Waals surface area contributed by atoms with Crippen molar-refractivity contribution >= 4 is 11.7 Å². The van der Waals surface area contributed by atoms with Crippen LogP contribution in [-0.2, 0) is 6.54 Å². The molecule has 0 atom stereocenters. The van der Waals surface area contributed by atoms with Crippen molar-refractivity contribution in [3.8, 4) is 11.5 Å². The molecule has 0 aliphatic heterocycles. The van der Waals surface area contributed by atoms with Gasteiger partial charge in [0.2, 0.25) is 0 Å². The summed E-state index contributed by atoms with van der Waals surface area (Å²) in [5.74, 6) is 0.600. The van der Waals surface area contributed by atoms with Gasteiger partial charge in [0.25, 0.3) is 0 Å². The maximum absolute atomic E-state index is 13.1. The number of nitrogens with one attached hydrogen (secondary N) is 2. The van der Waals surface area contributed by atoms with Gasteiger partial charge in [-0.05, 0) is 48.0 Å². The van der Waals surface area contributed by atoms with Crippen LogP contribution in [0, 0.1) is 5.82 Å². The second kappa shape index (κ2) is 7.92. The van der Waals surface area contributed by atoms with Gasteiger partial charge in [0.15, 0.2) is 0 Å². The smallest absolute Gasteiger partial charge is 0.319 e. The molecule has 0 bridgehead atoms. The summed E-state index contributed by atoms with van der Waals surface area (Å²) < 4.78 is 18.7. The maximum atomic E-state index is 13.1. The third-order valence-electron chi connectivity index (χ3n) is 3.32. The Morgan fingerprint density at radius 3 is 2.60 bits per heavy atom. The zero-order chi connectivity index (χ0) is 17.5. The molecular weight excluding hydrogens is 321 g/mol. The number of hydrogen-bond acceptors (Lipinski definition) is 3. The summed E-state index contributed by atoms with van der Waals surface area (Å²) in [6.45, 7) is 0.389. The molecule has 6 heteroatoms. The zero-order valence-corrected chi connectivity index (χ0v) is 13.3. The van der Waals surface area contributed by atoms with Crippen LogP contribution in [0.15, 0.2) is 73.1 Å². The number of nitrogens with zero attached hydrogens (tertiary/aromatic N) is 1. The first kappa shape index (κ1) is 16.4. The predicted molar refractivity (Wildman–Crippen MR) is 93.0 cm³/mol. The number of ether oxygens (including phenoxy) is 1. The lowest BCUT2D eigenvalue weighted by Gasteiger charge is -2.09. The van der Waals surface area contributed by atoms with Crippen LogP contribution in [0.4, 0.5) is 14.9 Å². The van der Waals surface area contributed by atoms with Gasteiger partial charge in [0, 0.05) is 30.7 Å². The van der Waals surface area contributed by atoms with E-state index in [1.807, 2.05) is 12.1 Å². The van der Waals surface area contributed by atoms with E-state index in [1.54, 1.807) is 48.8 Å². The van der Waals surface area contributed by atoms with Gasteiger partial charge in [-0.25, -0.2) is 9.18 Å². The van der Waals surface area contributed by atoms with E-state index in [0.717, 1.165) is 5.56 Å². The molecule has 0 saturated heterocycles. The summed E-state index contributed by atoms with van der Waals surface area (Å²) in [6.07, 6.45) is 3.37. The molecule has 0 fully saturated rings. The molecule has 25 heavy (non-hydrogen) atoms. The molecule has 3 aromatic rings. The molecule has 0 aliphatic carbocycles. The predicted octanol–water partition coefficient (Wildman–Crippen LogP) is 4.33. The van der Waals surface area contributed by atoms with E-state index in [-0.39, 0.29) is 11.8 Å². The number of pyridine rings is 1. The number of hydrogen-bond donors (Lipinski definition) is 2. The van der Waals surface area contributed by atoms with Crippen molar-refractivity contribution in [1.29, 1.82) is 0 Å². The molecule has 2 amide bonds. The summed E-state index contributed by atoms with van der Waals surface area (Å²) in [5.41, 5.74) is 1.53. The van der Waals surface area contributed by atoms with Crippen LogP contribution < -0.4 is 15.4 Å². The van der Waals surface area contributed by atoms with Crippen molar-refractivity contribution in [2.75, 3.05) is 5.32 Å². The number of carbonyl (C=O) groups excluding carboxylic acids is 1. The molecule has 0 aliphatic rings. The average Bonchev–Trinajstić information content (AvgIpc) is 2.63. The molecule has 0 saturated carbocycles. The summed E-state index contributed by atoms with van der Waals surface area (Å²) in [7, 11) is 0. The number of amides is 2. The minimum absolute atomic E-state index is 0.317. The number of halogens is 1. The lowest BCUT2D eigenvalue weighted by Crippen LogP contribution is -2.28. The van der Waals surface area contributed by atoms with Crippen LogP contribution >= 0.6 is 0 Å². The molecule has 0 unspecified atom stereocenters. The molecular formula is C19H16FN3O2. The first-order chi connectivity index (χ1) is 12.2. The molecule has 2 aromatic carbocycles. The summed E-state index contributed by atoms with van der Waals surface area (Å²) in [6, 6.07) is 16.1. The number of urea groups is 1. The van der Waals surface area contributed by atoms with E-state index in [2.05, 4.69) is 15.6 Å². The second-order valence-corrected chi connectivity index (χ2v) is 5.25. The molecule has 2 N–H and O–H groups in total. The average molecular weight is 337 g/mol. The molecule has 0 spiro atoms. The first-order valence-electron chi connectivity index (χ1n) is 7.66. The number of benzene rings is 2. The Hall–Kier alpha value is -3.41. The number of rotatable bonds is 5. The minimum Gasteiger partial charge on any atom is -0.457 e. The fourth-order valence-electron chi connectivity index (χ4n) is 2.13. The molecule has 3 rings (SSSR count). The second-order valence-electron chi connectivity index (χ2n) is 5.25. The quantitative estimate of drug-likeness (QED) is 0.728. The van der Waals surface area contributed by atoms with Gasteiger partial charge >= 0.3 is 6.03 Å². The van der Waals surface area contributed by atoms with Gasteiger partial charge < -0.3 is 15.4 Å². The van der Waals surface area contributed by atoms with Crippen LogP contribution in [0.3, 0.4) is 0 Å². The highest BCUT2D eigenvalue weighted by Gasteiger charge is 2.03. The third kappa shape index (κ3) is 5.04. The Morgan fingerprint density at radius 2 is 1.88 bits per heavy atom. The van der Waals surface area contributed by atoms with Crippen molar-refractivity contribution < 1.29 is 13.9 Å². The number of aromatic nitrogens is 1. The Labute approximate surface area is 144 Å². The lowest BCUT2D eigenvalue weighted by atomic mass is 10.3. The number of anilines is 1. The van der Waals surface area contributed by atoms with Gasteiger partial charge in [-0.2, -0.15) is 0 Å². The van der Waals surface area contributed by atoms with Crippen molar-refractivity contribution in [2.45, 2.75) is 6.54 Å². The Kier molecular flexibility index (Phi) is 5.21. The largest absolute Gasteiger partial charge is 0.457 e. The van der Waals surface area contributed by atoms with E-state index in [0.29, 0.717) is 23.7 Å². The fourth-order valence-corrected chi connectivity index (χ4v) is 2.13. The Bertz CT molecular complexity index is 839. The Morgan fingerprint density at radius 1 is 1.04 bits per heavy atom. The molecule has 1 heterocycles. The Balaban J connectivity index is 1.52. The lowest BCUT2D eigenvalue weighted by molar-refractivity contribution is 0.251. The molecule has 0 radical (unpaired) electrons. The van der Waals surface area contributed by atoms with Gasteiger partial charge in [0.05, 0.1) is 0 Å². The van der Waals surface area contributed by atoms with Gasteiger partial charge in [-0.1, -0.05) is 12.1 Å². The summed E-state index contributed by atoms with van der Waals surface area (Å²) >= 11 is 0. The van der Waals surface area contributed by atoms with Crippen molar-refractivity contribution in [3.05, 3.63) is 84.4 Å². The standard InChI is InChI=1S/C19H16FN3O2/c20-15-4-1-5-18(11-15)25-17-8-6-16(7-9-17)23-19(24)22-13-14-3-2-10-21-12-14/h1-12H,13H2,(H2,22,23,24). The number of carbonyl (C=O) groups is 1. The van der Waals surface area contributed by atoms with Crippen LogP contribution in [0.1, 0.15) is 5.56 Å². The van der Waals surface area contributed by atoms with Crippen molar-refractivity contribution in [2.24, 2.45) is 0 Å². The molecule has 5 nitrogen and oxygen atoms in total. The molecule has 126 valence electrons. The topological polar surface area (TPSA) is 63.2 Å². The monoisotopic (exact) mass is 337 g/mol. The van der Waals surface area contributed by atoms with E-state index in [1.165, 1.54) is 12.1 Å². The van der Waals surface area contributed by atoms with Crippen LogP contribution in [-0.4, -0.2) is 11.0 Å². The molecule has 1 aromatic heterocycles. The first-order valence-corrected chi connectivity index (χ1v) is 7.66. The van der Waals surface area contributed by atoms with Crippen LogP contribution in [0.2, 0.25) is 0 Å². The highest BCUT2D eigenvalue weighted by atomic mass is 19.1. The maximum Gasteiger partial charge on any atom is 0.319 e. The highest BCUT2D eigenvalue weighted by Crippen LogP contribution is 2.23. The van der Waals surface area contributed by atoms with E-state index < -0.39 is 0 Å². The van der Waals surface area contributed by atoms with Crippen LogP contribution in [0.25, 0.3) is 0 Å². The minimum atomic E-state index is -0.360.